The van der Waals surface area contributed by atoms with Crippen LogP contribution in [0, 0.1) is 0 Å². The second-order valence-corrected chi connectivity index (χ2v) is 8.84. The Bertz CT molecular complexity index is 993. The molecule has 3 aromatic rings. The van der Waals surface area contributed by atoms with Crippen molar-refractivity contribution in [1.82, 2.24) is 9.62 Å². The van der Waals surface area contributed by atoms with Crippen molar-refractivity contribution >= 4 is 37.5 Å². The zero-order valence-electron chi connectivity index (χ0n) is 14.8. The van der Waals surface area contributed by atoms with Gasteiger partial charge in [0.2, 0.25) is 10.0 Å². The molecule has 4 nitrogen and oxygen atoms in total. The van der Waals surface area contributed by atoms with E-state index >= 15 is 0 Å². The Morgan fingerprint density at radius 3 is 2.50 bits per heavy atom. The molecular weight excluding hydrogens is 364 g/mol. The van der Waals surface area contributed by atoms with E-state index in [9.17, 15) is 8.42 Å². The summed E-state index contributed by atoms with van der Waals surface area (Å²) < 4.78 is 28.6. The van der Waals surface area contributed by atoms with E-state index in [1.165, 1.54) is 15.5 Å². The lowest BCUT2D eigenvalue weighted by molar-refractivity contribution is 0.302. The summed E-state index contributed by atoms with van der Waals surface area (Å²) in [4.78, 5) is 2.04. The van der Waals surface area contributed by atoms with E-state index in [1.807, 2.05) is 61.5 Å². The fraction of sp³-hybridized carbons (Fsp3) is 0.200. The van der Waals surface area contributed by atoms with Gasteiger partial charge in [-0.3, -0.25) is 0 Å². The van der Waals surface area contributed by atoms with E-state index in [1.54, 1.807) is 17.4 Å². The molecule has 0 aliphatic carbocycles. The molecule has 1 N–H and O–H groups in total. The van der Waals surface area contributed by atoms with Crippen LogP contribution in [-0.2, 0) is 10.0 Å². The quantitative estimate of drug-likeness (QED) is 0.665. The van der Waals surface area contributed by atoms with E-state index in [4.69, 9.17) is 0 Å². The molecule has 3 rings (SSSR count). The molecule has 0 spiro atoms. The Hall–Kier alpha value is -1.99. The molecule has 0 saturated heterocycles. The van der Waals surface area contributed by atoms with E-state index < -0.39 is 10.0 Å². The molecule has 1 atom stereocenters. The van der Waals surface area contributed by atoms with Crippen LogP contribution in [0.25, 0.3) is 16.2 Å². The van der Waals surface area contributed by atoms with Crippen LogP contribution in [0.2, 0.25) is 0 Å². The lowest BCUT2D eigenvalue weighted by Crippen LogP contribution is -2.33. The normalized spacial score (nSPS) is 13.7. The fourth-order valence-electron chi connectivity index (χ4n) is 2.80. The SMILES string of the molecule is CN(C)[C@H](CNS(=O)(=O)/C=C/c1ccccc1)c1csc2ccccc12. The third-order valence-electron chi connectivity index (χ3n) is 4.21. The number of hydrogen-bond donors (Lipinski definition) is 1. The van der Waals surface area contributed by atoms with Gasteiger partial charge in [-0.1, -0.05) is 48.5 Å². The highest BCUT2D eigenvalue weighted by Crippen LogP contribution is 2.32. The molecular formula is C20H22N2O2S2. The third kappa shape index (κ3) is 4.59. The molecule has 0 amide bonds. The average Bonchev–Trinajstić information content (AvgIpc) is 3.05. The Balaban J connectivity index is 1.76. The highest BCUT2D eigenvalue weighted by Gasteiger charge is 2.20. The molecule has 0 unspecified atom stereocenters. The number of nitrogens with one attached hydrogen (secondary N) is 1. The summed E-state index contributed by atoms with van der Waals surface area (Å²) in [7, 11) is 0.420. The molecule has 0 aliphatic heterocycles. The standard InChI is InChI=1S/C20H22N2O2S2/c1-22(2)19(18-15-25-20-11-7-6-10-17(18)20)14-21-26(23,24)13-12-16-8-4-3-5-9-16/h3-13,15,19,21H,14H2,1-2H3/b13-12+/t19-/m1/s1. The number of benzene rings is 2. The van der Waals surface area contributed by atoms with Gasteiger partial charge in [0.1, 0.15) is 0 Å². The summed E-state index contributed by atoms with van der Waals surface area (Å²) in [6, 6.07) is 17.6. The molecule has 1 aromatic heterocycles. The van der Waals surface area contributed by atoms with Crippen molar-refractivity contribution in [3.63, 3.8) is 0 Å². The summed E-state index contributed by atoms with van der Waals surface area (Å²) in [5, 5.41) is 4.51. The van der Waals surface area contributed by atoms with Gasteiger partial charge in [-0.05, 0) is 48.1 Å². The maximum atomic E-state index is 12.4. The Morgan fingerprint density at radius 2 is 1.77 bits per heavy atom. The van der Waals surface area contributed by atoms with Crippen LogP contribution in [0.5, 0.6) is 0 Å². The molecule has 0 bridgehead atoms. The monoisotopic (exact) mass is 386 g/mol. The molecule has 1 heterocycles. The van der Waals surface area contributed by atoms with Crippen molar-refractivity contribution in [1.29, 1.82) is 0 Å². The lowest BCUT2D eigenvalue weighted by Gasteiger charge is -2.24. The lowest BCUT2D eigenvalue weighted by atomic mass is 10.1. The van der Waals surface area contributed by atoms with E-state index in [0.717, 1.165) is 11.1 Å². The van der Waals surface area contributed by atoms with Crippen LogP contribution in [0.1, 0.15) is 17.2 Å². The van der Waals surface area contributed by atoms with E-state index in [2.05, 4.69) is 22.2 Å². The minimum atomic E-state index is -3.51. The summed E-state index contributed by atoms with van der Waals surface area (Å²) >= 11 is 1.68. The topological polar surface area (TPSA) is 49.4 Å². The average molecular weight is 387 g/mol. The van der Waals surface area contributed by atoms with Crippen LogP contribution in [0.3, 0.4) is 0 Å². The fourth-order valence-corrected chi connectivity index (χ4v) is 4.63. The molecule has 0 aliphatic rings. The zero-order chi connectivity index (χ0) is 18.6. The van der Waals surface area contributed by atoms with E-state index in [-0.39, 0.29) is 6.04 Å². The molecule has 26 heavy (non-hydrogen) atoms. The molecule has 6 heteroatoms. The third-order valence-corrected chi connectivity index (χ3v) is 6.26. The van der Waals surface area contributed by atoms with Gasteiger partial charge in [0, 0.05) is 22.7 Å². The Labute approximate surface area is 158 Å². The van der Waals surface area contributed by atoms with Gasteiger partial charge in [-0.15, -0.1) is 11.3 Å². The minimum absolute atomic E-state index is 0.0361. The summed E-state index contributed by atoms with van der Waals surface area (Å²) in [5.41, 5.74) is 2.00. The van der Waals surface area contributed by atoms with Gasteiger partial charge in [0.25, 0.3) is 0 Å². The molecule has 0 fully saturated rings. The largest absolute Gasteiger partial charge is 0.301 e. The first-order valence-corrected chi connectivity index (χ1v) is 10.7. The Morgan fingerprint density at radius 1 is 1.08 bits per heavy atom. The predicted molar refractivity (Wildman–Crippen MR) is 111 cm³/mol. The highest BCUT2D eigenvalue weighted by molar-refractivity contribution is 7.92. The van der Waals surface area contributed by atoms with E-state index in [0.29, 0.717) is 6.54 Å². The van der Waals surface area contributed by atoms with Crippen LogP contribution in [-0.4, -0.2) is 34.0 Å². The second kappa shape index (κ2) is 8.14. The molecule has 2 aromatic carbocycles. The summed E-state index contributed by atoms with van der Waals surface area (Å²) in [6.07, 6.45) is 1.60. The number of hydrogen-bond acceptors (Lipinski definition) is 4. The Kier molecular flexibility index (Phi) is 5.88. The van der Waals surface area contributed by atoms with Crippen molar-refractivity contribution < 1.29 is 8.42 Å². The van der Waals surface area contributed by atoms with Crippen LogP contribution < -0.4 is 4.72 Å². The zero-order valence-corrected chi connectivity index (χ0v) is 16.4. The second-order valence-electron chi connectivity index (χ2n) is 6.27. The van der Waals surface area contributed by atoms with Gasteiger partial charge < -0.3 is 4.90 Å². The number of fused-ring (bicyclic) bond motifs is 1. The number of sulfonamides is 1. The van der Waals surface area contributed by atoms with Crippen LogP contribution in [0.15, 0.2) is 65.4 Å². The van der Waals surface area contributed by atoms with Crippen molar-refractivity contribution in [2.45, 2.75) is 6.04 Å². The van der Waals surface area contributed by atoms with Gasteiger partial charge in [-0.25, -0.2) is 13.1 Å². The molecule has 0 radical (unpaired) electrons. The highest BCUT2D eigenvalue weighted by atomic mass is 32.2. The van der Waals surface area contributed by atoms with Crippen molar-refractivity contribution in [3.8, 4) is 0 Å². The molecule has 136 valence electrons. The number of rotatable bonds is 7. The maximum absolute atomic E-state index is 12.4. The first-order valence-electron chi connectivity index (χ1n) is 8.31. The van der Waals surface area contributed by atoms with Gasteiger partial charge >= 0.3 is 0 Å². The van der Waals surface area contributed by atoms with Gasteiger partial charge in [0.15, 0.2) is 0 Å². The van der Waals surface area contributed by atoms with Crippen LogP contribution >= 0.6 is 11.3 Å². The smallest absolute Gasteiger partial charge is 0.233 e. The van der Waals surface area contributed by atoms with Crippen LogP contribution in [0.4, 0.5) is 0 Å². The first kappa shape index (κ1) is 18.8. The van der Waals surface area contributed by atoms with Gasteiger partial charge in [-0.2, -0.15) is 0 Å². The minimum Gasteiger partial charge on any atom is -0.301 e. The molecule has 0 saturated carbocycles. The summed E-state index contributed by atoms with van der Waals surface area (Å²) in [6.45, 7) is 0.315. The maximum Gasteiger partial charge on any atom is 0.233 e. The number of likely N-dealkylation sites (N-methyl/N-ethyl adjacent to an activating group) is 1. The summed E-state index contributed by atoms with van der Waals surface area (Å²) in [5.74, 6) is 0. The number of nitrogens with zero attached hydrogens (tertiary/aromatic N) is 1. The van der Waals surface area contributed by atoms with Crippen molar-refractivity contribution in [2.75, 3.05) is 20.6 Å². The number of thiophene rings is 1. The first-order chi connectivity index (χ1) is 12.5. The van der Waals surface area contributed by atoms with Gasteiger partial charge in [0.05, 0.1) is 0 Å². The predicted octanol–water partition coefficient (Wildman–Crippen LogP) is 4.09. The van der Waals surface area contributed by atoms with Crippen molar-refractivity contribution in [2.24, 2.45) is 0 Å². The van der Waals surface area contributed by atoms with Crippen molar-refractivity contribution in [3.05, 3.63) is 76.5 Å².